The van der Waals surface area contributed by atoms with Crippen LogP contribution in [0.15, 0.2) is 18.2 Å². The fourth-order valence-electron chi connectivity index (χ4n) is 2.40. The number of benzene rings is 1. The second kappa shape index (κ2) is 6.91. The van der Waals surface area contributed by atoms with Crippen molar-refractivity contribution in [2.45, 2.75) is 20.0 Å². The van der Waals surface area contributed by atoms with Gasteiger partial charge in [0.25, 0.3) is 5.91 Å². The summed E-state index contributed by atoms with van der Waals surface area (Å²) in [4.78, 5) is 16.2. The molecule has 2 rings (SSSR count). The second-order valence-electron chi connectivity index (χ2n) is 5.69. The van der Waals surface area contributed by atoms with Gasteiger partial charge in [-0.05, 0) is 32.5 Å². The molecule has 0 bridgehead atoms. The number of aliphatic hydroxyl groups excluding tert-OH is 1. The highest BCUT2D eigenvalue weighted by atomic mass is 16.5. The van der Waals surface area contributed by atoms with E-state index in [1.807, 2.05) is 30.0 Å². The predicted molar refractivity (Wildman–Crippen MR) is 81.4 cm³/mol. The van der Waals surface area contributed by atoms with Crippen molar-refractivity contribution >= 4 is 5.91 Å². The summed E-state index contributed by atoms with van der Waals surface area (Å²) in [6.45, 7) is 6.96. The molecule has 1 aromatic carbocycles. The maximum atomic E-state index is 12.2. The van der Waals surface area contributed by atoms with E-state index in [9.17, 15) is 9.90 Å². The molecular formula is C16H24N2O3. The fraction of sp³-hybridized carbons (Fsp3) is 0.562. The number of carbonyl (C=O) groups is 1. The Morgan fingerprint density at radius 1 is 1.33 bits per heavy atom. The minimum Gasteiger partial charge on any atom is -0.483 e. The highest BCUT2D eigenvalue weighted by Gasteiger charge is 2.20. The Bertz CT molecular complexity index is 494. The van der Waals surface area contributed by atoms with E-state index < -0.39 is 6.10 Å². The molecule has 1 aromatic rings. The standard InChI is InChI=1S/C16H24N2O3/c1-12-4-5-14(13(2)19)15(10-12)21-11-16(20)18-8-6-17(3)7-9-18/h4-5,10,13,19H,6-9,11H2,1-3H3. The summed E-state index contributed by atoms with van der Waals surface area (Å²) in [5, 5.41) is 9.76. The van der Waals surface area contributed by atoms with Crippen molar-refractivity contribution in [2.75, 3.05) is 39.8 Å². The maximum Gasteiger partial charge on any atom is 0.260 e. The number of nitrogens with zero attached hydrogens (tertiary/aromatic N) is 2. The molecule has 1 heterocycles. The van der Waals surface area contributed by atoms with E-state index in [0.717, 1.165) is 31.7 Å². The average Bonchev–Trinajstić information content (AvgIpc) is 2.45. The van der Waals surface area contributed by atoms with Gasteiger partial charge in [0.1, 0.15) is 5.75 Å². The highest BCUT2D eigenvalue weighted by molar-refractivity contribution is 5.78. The molecule has 0 spiro atoms. The Morgan fingerprint density at radius 2 is 2.00 bits per heavy atom. The Labute approximate surface area is 126 Å². The van der Waals surface area contributed by atoms with E-state index in [1.54, 1.807) is 6.92 Å². The zero-order valence-corrected chi connectivity index (χ0v) is 13.0. The third-order valence-corrected chi connectivity index (χ3v) is 3.83. The zero-order valence-electron chi connectivity index (χ0n) is 13.0. The Balaban J connectivity index is 1.96. The van der Waals surface area contributed by atoms with Crippen molar-refractivity contribution in [1.82, 2.24) is 9.80 Å². The van der Waals surface area contributed by atoms with Crippen LogP contribution in [0.25, 0.3) is 0 Å². The normalized spacial score (nSPS) is 17.6. The number of ether oxygens (including phenoxy) is 1. The van der Waals surface area contributed by atoms with Gasteiger partial charge in [0.2, 0.25) is 0 Å². The van der Waals surface area contributed by atoms with Gasteiger partial charge in [-0.15, -0.1) is 0 Å². The molecule has 1 unspecified atom stereocenters. The molecule has 5 heteroatoms. The summed E-state index contributed by atoms with van der Waals surface area (Å²) >= 11 is 0. The molecule has 1 amide bonds. The minimum absolute atomic E-state index is 0.00106. The number of carbonyl (C=O) groups excluding carboxylic acids is 1. The summed E-state index contributed by atoms with van der Waals surface area (Å²) in [7, 11) is 2.06. The Morgan fingerprint density at radius 3 is 2.62 bits per heavy atom. The van der Waals surface area contributed by atoms with Crippen LogP contribution in [0, 0.1) is 6.92 Å². The van der Waals surface area contributed by atoms with Crippen LogP contribution in [0.4, 0.5) is 0 Å². The third kappa shape index (κ3) is 4.19. The molecule has 21 heavy (non-hydrogen) atoms. The summed E-state index contributed by atoms with van der Waals surface area (Å²) in [6, 6.07) is 5.63. The number of piperazine rings is 1. The fourth-order valence-corrected chi connectivity index (χ4v) is 2.40. The first kappa shape index (κ1) is 15.8. The summed E-state index contributed by atoms with van der Waals surface area (Å²) in [5.41, 5.74) is 1.76. The van der Waals surface area contributed by atoms with E-state index >= 15 is 0 Å². The zero-order chi connectivity index (χ0) is 15.4. The van der Waals surface area contributed by atoms with Crippen molar-refractivity contribution in [2.24, 2.45) is 0 Å². The second-order valence-corrected chi connectivity index (χ2v) is 5.69. The van der Waals surface area contributed by atoms with Crippen molar-refractivity contribution < 1.29 is 14.6 Å². The van der Waals surface area contributed by atoms with Crippen molar-refractivity contribution in [3.05, 3.63) is 29.3 Å². The summed E-state index contributed by atoms with van der Waals surface area (Å²) in [6.07, 6.45) is -0.612. The molecule has 0 aliphatic carbocycles. The molecule has 0 saturated carbocycles. The predicted octanol–water partition coefficient (Wildman–Crippen LogP) is 1.20. The first-order chi connectivity index (χ1) is 9.97. The van der Waals surface area contributed by atoms with Crippen LogP contribution in [0.5, 0.6) is 5.75 Å². The van der Waals surface area contributed by atoms with Crippen molar-refractivity contribution in [3.63, 3.8) is 0 Å². The molecular weight excluding hydrogens is 268 g/mol. The molecule has 0 radical (unpaired) electrons. The number of likely N-dealkylation sites (N-methyl/N-ethyl adjacent to an activating group) is 1. The van der Waals surface area contributed by atoms with Gasteiger partial charge < -0.3 is 19.6 Å². The smallest absolute Gasteiger partial charge is 0.260 e. The maximum absolute atomic E-state index is 12.2. The van der Waals surface area contributed by atoms with Crippen LogP contribution in [0.1, 0.15) is 24.2 Å². The number of rotatable bonds is 4. The molecule has 1 aliphatic heterocycles. The van der Waals surface area contributed by atoms with Gasteiger partial charge in [-0.2, -0.15) is 0 Å². The average molecular weight is 292 g/mol. The summed E-state index contributed by atoms with van der Waals surface area (Å²) in [5.74, 6) is 0.591. The van der Waals surface area contributed by atoms with E-state index in [4.69, 9.17) is 4.74 Å². The summed E-state index contributed by atoms with van der Waals surface area (Å²) < 4.78 is 5.66. The van der Waals surface area contributed by atoms with Crippen LogP contribution < -0.4 is 4.74 Å². The molecule has 1 atom stereocenters. The van der Waals surface area contributed by atoms with Crippen LogP contribution in [-0.4, -0.2) is 60.6 Å². The van der Waals surface area contributed by atoms with E-state index in [-0.39, 0.29) is 12.5 Å². The lowest BCUT2D eigenvalue weighted by Gasteiger charge is -2.32. The molecule has 116 valence electrons. The van der Waals surface area contributed by atoms with Crippen molar-refractivity contribution in [1.29, 1.82) is 0 Å². The van der Waals surface area contributed by atoms with E-state index in [0.29, 0.717) is 11.3 Å². The van der Waals surface area contributed by atoms with Crippen LogP contribution in [0.2, 0.25) is 0 Å². The van der Waals surface area contributed by atoms with Gasteiger partial charge in [0.05, 0.1) is 6.10 Å². The number of amides is 1. The largest absolute Gasteiger partial charge is 0.483 e. The number of aryl methyl sites for hydroxylation is 1. The first-order valence-electron chi connectivity index (χ1n) is 7.35. The van der Waals surface area contributed by atoms with Crippen LogP contribution in [-0.2, 0) is 4.79 Å². The monoisotopic (exact) mass is 292 g/mol. The lowest BCUT2D eigenvalue weighted by Crippen LogP contribution is -2.48. The first-order valence-corrected chi connectivity index (χ1v) is 7.35. The topological polar surface area (TPSA) is 53.0 Å². The van der Waals surface area contributed by atoms with Crippen LogP contribution >= 0.6 is 0 Å². The minimum atomic E-state index is -0.612. The molecule has 0 aromatic heterocycles. The number of aliphatic hydroxyl groups is 1. The third-order valence-electron chi connectivity index (χ3n) is 3.83. The van der Waals surface area contributed by atoms with Crippen LogP contribution in [0.3, 0.4) is 0 Å². The lowest BCUT2D eigenvalue weighted by molar-refractivity contribution is -0.134. The molecule has 1 fully saturated rings. The van der Waals surface area contributed by atoms with Gasteiger partial charge in [-0.3, -0.25) is 4.79 Å². The number of hydrogen-bond acceptors (Lipinski definition) is 4. The lowest BCUT2D eigenvalue weighted by atomic mass is 10.1. The quantitative estimate of drug-likeness (QED) is 0.906. The Kier molecular flexibility index (Phi) is 5.20. The van der Waals surface area contributed by atoms with E-state index in [1.165, 1.54) is 0 Å². The molecule has 5 nitrogen and oxygen atoms in total. The van der Waals surface area contributed by atoms with Gasteiger partial charge in [-0.1, -0.05) is 12.1 Å². The molecule has 1 N–H and O–H groups in total. The van der Waals surface area contributed by atoms with Gasteiger partial charge >= 0.3 is 0 Å². The van der Waals surface area contributed by atoms with Gasteiger partial charge in [-0.25, -0.2) is 0 Å². The number of hydrogen-bond donors (Lipinski definition) is 1. The molecule has 1 saturated heterocycles. The Hall–Kier alpha value is -1.59. The van der Waals surface area contributed by atoms with E-state index in [2.05, 4.69) is 11.9 Å². The molecule has 1 aliphatic rings. The van der Waals surface area contributed by atoms with Crippen molar-refractivity contribution in [3.8, 4) is 5.75 Å². The highest BCUT2D eigenvalue weighted by Crippen LogP contribution is 2.26. The van der Waals surface area contributed by atoms with Gasteiger partial charge in [0.15, 0.2) is 6.61 Å². The van der Waals surface area contributed by atoms with Gasteiger partial charge in [0, 0.05) is 31.7 Å². The SMILES string of the molecule is Cc1ccc(C(C)O)c(OCC(=O)N2CCN(C)CC2)c1.